The molecular formula is C15H23ClN4O. The van der Waals surface area contributed by atoms with Gasteiger partial charge in [0.2, 0.25) is 0 Å². The fourth-order valence-electron chi connectivity index (χ4n) is 3.13. The average Bonchev–Trinajstić information content (AvgIpc) is 2.45. The number of hydrogen-bond acceptors (Lipinski definition) is 4. The molecule has 1 amide bonds. The van der Waals surface area contributed by atoms with Gasteiger partial charge in [-0.2, -0.15) is 0 Å². The topological polar surface area (TPSA) is 58.1 Å². The van der Waals surface area contributed by atoms with E-state index >= 15 is 0 Å². The van der Waals surface area contributed by atoms with Crippen LogP contribution in [0.25, 0.3) is 0 Å². The molecule has 5 nitrogen and oxygen atoms in total. The Hall–Kier alpha value is -1.20. The summed E-state index contributed by atoms with van der Waals surface area (Å²) in [6.07, 6.45) is 4.69. The van der Waals surface area contributed by atoms with Crippen LogP contribution in [0.2, 0.25) is 5.15 Å². The largest absolute Gasteiger partial charge is 0.349 e. The van der Waals surface area contributed by atoms with Crippen molar-refractivity contribution in [3.63, 3.8) is 0 Å². The van der Waals surface area contributed by atoms with Crippen LogP contribution >= 0.6 is 11.6 Å². The molecule has 0 spiro atoms. The van der Waals surface area contributed by atoms with Crippen molar-refractivity contribution in [1.82, 2.24) is 20.4 Å². The number of carbonyl (C=O) groups is 1. The predicted octanol–water partition coefficient (Wildman–Crippen LogP) is 2.37. The second kappa shape index (κ2) is 6.71. The summed E-state index contributed by atoms with van der Waals surface area (Å²) in [6.45, 7) is 2.91. The van der Waals surface area contributed by atoms with Gasteiger partial charge in [0.1, 0.15) is 0 Å². The first-order chi connectivity index (χ1) is 9.93. The van der Waals surface area contributed by atoms with Gasteiger partial charge in [0, 0.05) is 12.1 Å². The Morgan fingerprint density at radius 2 is 2.24 bits per heavy atom. The molecule has 2 atom stereocenters. The maximum Gasteiger partial charge on any atom is 0.271 e. The molecule has 6 heteroatoms. The Labute approximate surface area is 131 Å². The molecule has 1 N–H and O–H groups in total. The summed E-state index contributed by atoms with van der Waals surface area (Å²) < 4.78 is 0. The lowest BCUT2D eigenvalue weighted by Crippen LogP contribution is -2.55. The molecule has 0 aromatic carbocycles. The number of rotatable bonds is 4. The molecule has 1 saturated carbocycles. The van der Waals surface area contributed by atoms with Crippen molar-refractivity contribution in [3.05, 3.63) is 23.0 Å². The molecule has 0 saturated heterocycles. The zero-order valence-corrected chi connectivity index (χ0v) is 13.7. The molecule has 1 aliphatic rings. The van der Waals surface area contributed by atoms with Gasteiger partial charge in [-0.3, -0.25) is 4.79 Å². The van der Waals surface area contributed by atoms with Gasteiger partial charge in [-0.05, 0) is 45.0 Å². The van der Waals surface area contributed by atoms with Crippen LogP contribution in [0.5, 0.6) is 0 Å². The summed E-state index contributed by atoms with van der Waals surface area (Å²) >= 11 is 5.68. The van der Waals surface area contributed by atoms with E-state index in [1.165, 1.54) is 12.8 Å². The van der Waals surface area contributed by atoms with Crippen LogP contribution in [0.15, 0.2) is 12.1 Å². The molecule has 1 aliphatic carbocycles. The van der Waals surface area contributed by atoms with Crippen molar-refractivity contribution < 1.29 is 4.79 Å². The Kier molecular flexibility index (Phi) is 5.17. The Morgan fingerprint density at radius 3 is 2.81 bits per heavy atom. The highest BCUT2D eigenvalue weighted by Crippen LogP contribution is 2.35. The first-order valence-electron chi connectivity index (χ1n) is 7.38. The van der Waals surface area contributed by atoms with Crippen molar-refractivity contribution in [2.45, 2.75) is 38.1 Å². The Bertz CT molecular complexity index is 491. The number of hydrogen-bond donors (Lipinski definition) is 1. The van der Waals surface area contributed by atoms with Gasteiger partial charge in [-0.25, -0.2) is 0 Å². The minimum Gasteiger partial charge on any atom is -0.349 e. The third-order valence-electron chi connectivity index (χ3n) is 4.46. The smallest absolute Gasteiger partial charge is 0.271 e. The summed E-state index contributed by atoms with van der Waals surface area (Å²) in [5, 5.41) is 10.8. The fraction of sp³-hybridized carbons (Fsp3) is 0.667. The van der Waals surface area contributed by atoms with Gasteiger partial charge in [0.25, 0.3) is 5.91 Å². The first-order valence-corrected chi connectivity index (χ1v) is 7.76. The first kappa shape index (κ1) is 16.2. The molecule has 1 fully saturated rings. The number of aromatic nitrogens is 2. The summed E-state index contributed by atoms with van der Waals surface area (Å²) in [4.78, 5) is 14.4. The number of halogens is 1. The van der Waals surface area contributed by atoms with Crippen LogP contribution in [0.1, 0.15) is 43.1 Å². The molecule has 0 radical (unpaired) electrons. The molecular weight excluding hydrogens is 288 g/mol. The number of nitrogens with zero attached hydrogens (tertiary/aromatic N) is 3. The molecule has 0 bridgehead atoms. The Morgan fingerprint density at radius 1 is 1.48 bits per heavy atom. The van der Waals surface area contributed by atoms with Crippen molar-refractivity contribution in [2.24, 2.45) is 5.92 Å². The predicted molar refractivity (Wildman–Crippen MR) is 83.4 cm³/mol. The van der Waals surface area contributed by atoms with E-state index in [9.17, 15) is 4.79 Å². The lowest BCUT2D eigenvalue weighted by Gasteiger charge is -2.45. The lowest BCUT2D eigenvalue weighted by molar-refractivity contribution is 0.0672. The minimum atomic E-state index is -0.196. The van der Waals surface area contributed by atoms with Gasteiger partial charge >= 0.3 is 0 Å². The van der Waals surface area contributed by atoms with Gasteiger partial charge in [-0.1, -0.05) is 31.4 Å². The highest BCUT2D eigenvalue weighted by Gasteiger charge is 2.37. The normalized spacial score (nSPS) is 25.9. The van der Waals surface area contributed by atoms with E-state index in [1.54, 1.807) is 12.1 Å². The fourth-order valence-corrected chi connectivity index (χ4v) is 3.23. The van der Waals surface area contributed by atoms with E-state index in [0.29, 0.717) is 18.2 Å². The maximum atomic E-state index is 12.2. The molecule has 1 heterocycles. The number of carbonyl (C=O) groups excluding carboxylic acids is 1. The van der Waals surface area contributed by atoms with Crippen LogP contribution in [0.4, 0.5) is 0 Å². The van der Waals surface area contributed by atoms with Crippen LogP contribution in [-0.2, 0) is 0 Å². The molecule has 0 aliphatic heterocycles. The molecule has 1 aromatic rings. The molecule has 116 valence electrons. The van der Waals surface area contributed by atoms with Gasteiger partial charge in [-0.15, -0.1) is 10.2 Å². The molecule has 1 aromatic heterocycles. The monoisotopic (exact) mass is 310 g/mol. The standard InChI is InChI=1S/C15H23ClN4O/c1-11-5-4-8-15(9-11,20(2)3)10-17-14(21)12-6-7-13(16)19-18-12/h6-7,11H,4-5,8-10H2,1-3H3,(H,17,21). The summed E-state index contributed by atoms with van der Waals surface area (Å²) in [6, 6.07) is 3.17. The lowest BCUT2D eigenvalue weighted by atomic mass is 9.75. The van der Waals surface area contributed by atoms with Gasteiger partial charge < -0.3 is 10.2 Å². The zero-order chi connectivity index (χ0) is 15.5. The number of likely N-dealkylation sites (N-methyl/N-ethyl adjacent to an activating group) is 1. The van der Waals surface area contributed by atoms with E-state index in [1.807, 2.05) is 0 Å². The SMILES string of the molecule is CC1CCCC(CNC(=O)c2ccc(Cl)nn2)(N(C)C)C1. The third-order valence-corrected chi connectivity index (χ3v) is 4.66. The second-order valence-corrected chi connectivity index (χ2v) is 6.63. The number of amides is 1. The van der Waals surface area contributed by atoms with E-state index < -0.39 is 0 Å². The van der Waals surface area contributed by atoms with Crippen molar-refractivity contribution in [2.75, 3.05) is 20.6 Å². The van der Waals surface area contributed by atoms with Crippen molar-refractivity contribution in [3.8, 4) is 0 Å². The summed E-state index contributed by atoms with van der Waals surface area (Å²) in [5.74, 6) is 0.493. The Balaban J connectivity index is 2.02. The van der Waals surface area contributed by atoms with E-state index in [4.69, 9.17) is 11.6 Å². The maximum absolute atomic E-state index is 12.2. The molecule has 2 unspecified atom stereocenters. The third kappa shape index (κ3) is 3.92. The van der Waals surface area contributed by atoms with Gasteiger partial charge in [0.05, 0.1) is 0 Å². The summed E-state index contributed by atoms with van der Waals surface area (Å²) in [5.41, 5.74) is 0.338. The van der Waals surface area contributed by atoms with E-state index in [2.05, 4.69) is 41.4 Å². The average molecular weight is 311 g/mol. The van der Waals surface area contributed by atoms with Gasteiger partial charge in [0.15, 0.2) is 10.8 Å². The van der Waals surface area contributed by atoms with Crippen LogP contribution in [0.3, 0.4) is 0 Å². The van der Waals surface area contributed by atoms with Crippen LogP contribution < -0.4 is 5.32 Å². The van der Waals surface area contributed by atoms with Crippen LogP contribution in [0, 0.1) is 5.92 Å². The molecule has 21 heavy (non-hydrogen) atoms. The van der Waals surface area contributed by atoms with Crippen molar-refractivity contribution >= 4 is 17.5 Å². The highest BCUT2D eigenvalue weighted by atomic mass is 35.5. The van der Waals surface area contributed by atoms with Crippen molar-refractivity contribution in [1.29, 1.82) is 0 Å². The van der Waals surface area contributed by atoms with Crippen LogP contribution in [-0.4, -0.2) is 47.2 Å². The summed E-state index contributed by atoms with van der Waals surface area (Å²) in [7, 11) is 4.18. The minimum absolute atomic E-state index is 0.0349. The second-order valence-electron chi connectivity index (χ2n) is 6.24. The van der Waals surface area contributed by atoms with E-state index in [-0.39, 0.29) is 16.6 Å². The highest BCUT2D eigenvalue weighted by molar-refractivity contribution is 6.29. The molecule has 2 rings (SSSR count). The zero-order valence-electron chi connectivity index (χ0n) is 12.9. The number of nitrogens with one attached hydrogen (secondary N) is 1. The van der Waals surface area contributed by atoms with E-state index in [0.717, 1.165) is 12.8 Å². The quantitative estimate of drug-likeness (QED) is 0.927.